The van der Waals surface area contributed by atoms with Gasteiger partial charge >= 0.3 is 0 Å². The quantitative estimate of drug-likeness (QED) is 0.741. The second-order valence-corrected chi connectivity index (χ2v) is 8.17. The second-order valence-electron chi connectivity index (χ2n) is 8.17. The van der Waals surface area contributed by atoms with Gasteiger partial charge in [0.1, 0.15) is 0 Å². The zero-order chi connectivity index (χ0) is 20.7. The fraction of sp³-hybridized carbons (Fsp3) is 0.500. The maximum absolute atomic E-state index is 13.5. The average molecular weight is 396 g/mol. The number of aromatic amines is 1. The summed E-state index contributed by atoms with van der Waals surface area (Å²) in [5, 5.41) is 3.35. The molecule has 0 bridgehead atoms. The summed E-state index contributed by atoms with van der Waals surface area (Å²) in [6.45, 7) is 4.62. The Balaban J connectivity index is 1.70. The molecule has 4 heterocycles. The molecule has 0 aliphatic carbocycles. The number of aromatic nitrogens is 4. The summed E-state index contributed by atoms with van der Waals surface area (Å²) < 4.78 is 3.76. The van der Waals surface area contributed by atoms with Crippen LogP contribution in [-0.4, -0.2) is 36.7 Å². The van der Waals surface area contributed by atoms with Crippen molar-refractivity contribution in [3.63, 3.8) is 0 Å². The number of fused-ring (bicyclic) bond motifs is 1. The number of amides is 1. The summed E-state index contributed by atoms with van der Waals surface area (Å²) in [7, 11) is 3.82. The van der Waals surface area contributed by atoms with Gasteiger partial charge in [-0.25, -0.2) is 4.98 Å². The molecule has 1 aliphatic rings. The first-order valence-electron chi connectivity index (χ1n) is 10.3. The van der Waals surface area contributed by atoms with Gasteiger partial charge in [-0.15, -0.1) is 0 Å². The Morgan fingerprint density at radius 2 is 2.03 bits per heavy atom. The van der Waals surface area contributed by atoms with Crippen molar-refractivity contribution in [2.45, 2.75) is 52.0 Å². The molecule has 7 nitrogen and oxygen atoms in total. The molecule has 1 aliphatic heterocycles. The van der Waals surface area contributed by atoms with Gasteiger partial charge in [-0.1, -0.05) is 12.8 Å². The van der Waals surface area contributed by atoms with Crippen molar-refractivity contribution in [3.8, 4) is 0 Å². The van der Waals surface area contributed by atoms with Crippen LogP contribution < -0.4 is 5.56 Å². The maximum Gasteiger partial charge on any atom is 0.273 e. The number of aryl methyl sites for hydroxylation is 4. The van der Waals surface area contributed by atoms with Crippen molar-refractivity contribution in [1.29, 1.82) is 0 Å². The highest BCUT2D eigenvalue weighted by Gasteiger charge is 2.29. The largest absolute Gasteiger partial charge is 0.353 e. The molecule has 0 saturated carbocycles. The van der Waals surface area contributed by atoms with Gasteiger partial charge in [0.05, 0.1) is 17.8 Å². The normalized spacial score (nSPS) is 17.7. The number of nitrogens with zero attached hydrogens (tertiary/aromatic N) is 4. The van der Waals surface area contributed by atoms with Crippen LogP contribution in [0, 0.1) is 13.8 Å². The predicted molar refractivity (Wildman–Crippen MR) is 113 cm³/mol. The molecule has 1 amide bonds. The topological polar surface area (TPSA) is 75.9 Å². The van der Waals surface area contributed by atoms with Crippen LogP contribution in [0.25, 0.3) is 11.0 Å². The first kappa shape index (κ1) is 19.5. The van der Waals surface area contributed by atoms with Crippen molar-refractivity contribution in [3.05, 3.63) is 51.2 Å². The molecule has 1 unspecified atom stereocenters. The molecular weight excluding hydrogens is 366 g/mol. The first-order valence-corrected chi connectivity index (χ1v) is 10.3. The molecule has 3 aromatic heterocycles. The van der Waals surface area contributed by atoms with Gasteiger partial charge in [-0.2, -0.15) is 0 Å². The van der Waals surface area contributed by atoms with Crippen molar-refractivity contribution < 1.29 is 4.79 Å². The van der Waals surface area contributed by atoms with E-state index in [4.69, 9.17) is 0 Å². The number of rotatable bonds is 3. The SMILES string of the molecule is Cc1nc2c(c(C)c1CC(=O)N1CCCCCC1c1cccn1C)c(=O)[nH]n2C. The lowest BCUT2D eigenvalue weighted by Gasteiger charge is -2.31. The lowest BCUT2D eigenvalue weighted by molar-refractivity contribution is -0.133. The number of hydrogen-bond acceptors (Lipinski definition) is 3. The smallest absolute Gasteiger partial charge is 0.273 e. The standard InChI is InChI=1S/C22H29N5O2/c1-14-16(15(2)23-21-20(14)22(29)24-26(21)4)13-19(28)27-12-7-5-6-9-18(27)17-10-8-11-25(17)3/h8,10-11,18H,5-7,9,12-13H2,1-4H3,(H,24,29). The van der Waals surface area contributed by atoms with Crippen molar-refractivity contribution >= 4 is 16.9 Å². The number of likely N-dealkylation sites (tertiary alicyclic amines) is 1. The number of carbonyl (C=O) groups is 1. The second kappa shape index (κ2) is 7.54. The molecule has 0 radical (unpaired) electrons. The minimum Gasteiger partial charge on any atom is -0.353 e. The summed E-state index contributed by atoms with van der Waals surface area (Å²) in [4.78, 5) is 32.5. The van der Waals surface area contributed by atoms with Crippen LogP contribution >= 0.6 is 0 Å². The lowest BCUT2D eigenvalue weighted by Crippen LogP contribution is -2.37. The van der Waals surface area contributed by atoms with Crippen molar-refractivity contribution in [2.75, 3.05) is 6.54 Å². The van der Waals surface area contributed by atoms with Crippen LogP contribution in [0.4, 0.5) is 0 Å². The summed E-state index contributed by atoms with van der Waals surface area (Å²) in [5.41, 5.74) is 4.20. The van der Waals surface area contributed by atoms with E-state index < -0.39 is 0 Å². The third-order valence-corrected chi connectivity index (χ3v) is 6.30. The van der Waals surface area contributed by atoms with Gasteiger partial charge in [-0.3, -0.25) is 19.4 Å². The van der Waals surface area contributed by atoms with E-state index in [9.17, 15) is 9.59 Å². The molecule has 4 rings (SSSR count). The van der Waals surface area contributed by atoms with Crippen LogP contribution in [0.1, 0.15) is 54.2 Å². The summed E-state index contributed by atoms with van der Waals surface area (Å²) in [5.74, 6) is 0.109. The van der Waals surface area contributed by atoms with Gasteiger partial charge < -0.3 is 9.47 Å². The van der Waals surface area contributed by atoms with Crippen LogP contribution in [0.15, 0.2) is 23.1 Å². The monoisotopic (exact) mass is 395 g/mol. The fourth-order valence-corrected chi connectivity index (χ4v) is 4.70. The van der Waals surface area contributed by atoms with Gasteiger partial charge in [-0.05, 0) is 49.9 Å². The molecule has 7 heteroatoms. The maximum atomic E-state index is 13.5. The van der Waals surface area contributed by atoms with Gasteiger partial charge in [0, 0.05) is 38.2 Å². The molecule has 1 fully saturated rings. The van der Waals surface area contributed by atoms with E-state index in [1.807, 2.05) is 38.1 Å². The number of hydrogen-bond donors (Lipinski definition) is 1. The molecule has 154 valence electrons. The van der Waals surface area contributed by atoms with Gasteiger partial charge in [0.15, 0.2) is 5.65 Å². The van der Waals surface area contributed by atoms with E-state index in [0.29, 0.717) is 11.0 Å². The zero-order valence-corrected chi connectivity index (χ0v) is 17.7. The summed E-state index contributed by atoms with van der Waals surface area (Å²) in [6, 6.07) is 4.25. The Morgan fingerprint density at radius 1 is 1.24 bits per heavy atom. The number of carbonyl (C=O) groups excluding carboxylic acids is 1. The third-order valence-electron chi connectivity index (χ3n) is 6.30. The van der Waals surface area contributed by atoms with Crippen LogP contribution in [0.2, 0.25) is 0 Å². The van der Waals surface area contributed by atoms with Crippen molar-refractivity contribution in [2.24, 2.45) is 14.1 Å². The van der Waals surface area contributed by atoms with Gasteiger partial charge in [0.2, 0.25) is 5.91 Å². The minimum atomic E-state index is -0.155. The van der Waals surface area contributed by atoms with E-state index in [2.05, 4.69) is 20.7 Å². The van der Waals surface area contributed by atoms with E-state index in [0.717, 1.165) is 49.0 Å². The van der Waals surface area contributed by atoms with Crippen LogP contribution in [-0.2, 0) is 25.3 Å². The Bertz CT molecular complexity index is 1120. The molecule has 0 aromatic carbocycles. The fourth-order valence-electron chi connectivity index (χ4n) is 4.70. The molecule has 1 atom stereocenters. The Morgan fingerprint density at radius 3 is 2.76 bits per heavy atom. The predicted octanol–water partition coefficient (Wildman–Crippen LogP) is 2.90. The van der Waals surface area contributed by atoms with Gasteiger partial charge in [0.25, 0.3) is 5.56 Å². The van der Waals surface area contributed by atoms with Crippen molar-refractivity contribution in [1.82, 2.24) is 24.2 Å². The molecule has 29 heavy (non-hydrogen) atoms. The highest BCUT2D eigenvalue weighted by Crippen LogP contribution is 2.31. The molecular formula is C22H29N5O2. The van der Waals surface area contributed by atoms with Crippen LogP contribution in [0.3, 0.4) is 0 Å². The van der Waals surface area contributed by atoms with E-state index in [1.165, 1.54) is 5.69 Å². The first-order chi connectivity index (χ1) is 13.9. The van der Waals surface area contributed by atoms with E-state index >= 15 is 0 Å². The highest BCUT2D eigenvalue weighted by molar-refractivity contribution is 5.85. The summed E-state index contributed by atoms with van der Waals surface area (Å²) >= 11 is 0. The molecule has 3 aromatic rings. The zero-order valence-electron chi connectivity index (χ0n) is 17.7. The highest BCUT2D eigenvalue weighted by atomic mass is 16.2. The molecule has 1 saturated heterocycles. The lowest BCUT2D eigenvalue weighted by atomic mass is 10.00. The number of H-pyrrole nitrogens is 1. The number of nitrogens with one attached hydrogen (secondary N) is 1. The minimum absolute atomic E-state index is 0.0995. The Labute approximate surface area is 170 Å². The Hall–Kier alpha value is -2.83. The molecule has 1 N–H and O–H groups in total. The van der Waals surface area contributed by atoms with E-state index in [-0.39, 0.29) is 23.9 Å². The Kier molecular flexibility index (Phi) is 5.06. The molecule has 0 spiro atoms. The summed E-state index contributed by atoms with van der Waals surface area (Å²) in [6.07, 6.45) is 6.60. The number of pyridine rings is 1. The van der Waals surface area contributed by atoms with Crippen LogP contribution in [0.5, 0.6) is 0 Å². The van der Waals surface area contributed by atoms with E-state index in [1.54, 1.807) is 11.7 Å². The third kappa shape index (κ3) is 3.39. The average Bonchev–Trinajstić information content (AvgIpc) is 3.10.